The molecule has 104 valence electrons. The highest BCUT2D eigenvalue weighted by molar-refractivity contribution is 8.13. The van der Waals surface area contributed by atoms with Crippen LogP contribution in [0.15, 0.2) is 35.2 Å². The summed E-state index contributed by atoms with van der Waals surface area (Å²) in [6.07, 6.45) is 0. The van der Waals surface area contributed by atoms with Crippen molar-refractivity contribution < 1.29 is 13.6 Å². The van der Waals surface area contributed by atoms with E-state index in [1.54, 1.807) is 0 Å². The van der Waals surface area contributed by atoms with Crippen molar-refractivity contribution >= 4 is 45.9 Å². The Morgan fingerprint density at radius 1 is 1.15 bits per heavy atom. The van der Waals surface area contributed by atoms with Crippen LogP contribution in [-0.4, -0.2) is 10.2 Å². The van der Waals surface area contributed by atoms with Crippen molar-refractivity contribution in [2.45, 2.75) is 4.90 Å². The lowest BCUT2D eigenvalue weighted by Crippen LogP contribution is -2.05. The number of thioether (sulfide) groups is 1. The van der Waals surface area contributed by atoms with Crippen LogP contribution in [0, 0.1) is 11.6 Å². The molecule has 2 aromatic rings. The number of hydrogen-bond donors (Lipinski definition) is 1. The number of nitrogens with one attached hydrogen (secondary N) is 1. The first kappa shape index (κ1) is 15.0. The lowest BCUT2D eigenvalue weighted by atomic mass is 10.3. The number of rotatable bonds is 2. The van der Waals surface area contributed by atoms with Gasteiger partial charge in [0.1, 0.15) is 21.9 Å². The van der Waals surface area contributed by atoms with Crippen molar-refractivity contribution in [1.29, 1.82) is 0 Å². The van der Waals surface area contributed by atoms with Crippen LogP contribution in [0.4, 0.5) is 19.3 Å². The molecule has 0 saturated carbocycles. The van der Waals surface area contributed by atoms with Crippen LogP contribution < -0.4 is 5.32 Å². The molecule has 0 aliphatic heterocycles. The van der Waals surface area contributed by atoms with Crippen LogP contribution in [0.5, 0.6) is 0 Å². The molecule has 8 heteroatoms. The van der Waals surface area contributed by atoms with Crippen molar-refractivity contribution in [3.05, 3.63) is 52.3 Å². The molecule has 0 radical (unpaired) electrons. The topological polar surface area (TPSA) is 42.0 Å². The average Bonchev–Trinajstić information content (AvgIpc) is 2.31. The summed E-state index contributed by atoms with van der Waals surface area (Å²) in [7, 11) is 0. The number of carbonyl (C=O) groups is 1. The number of pyridine rings is 1. The SMILES string of the molecule is O=C(Nc1cc(Cl)nc(Cl)c1)Sc1ccc(F)cc1F. The van der Waals surface area contributed by atoms with Gasteiger partial charge in [0.15, 0.2) is 0 Å². The maximum Gasteiger partial charge on any atom is 0.288 e. The first-order valence-electron chi connectivity index (χ1n) is 5.21. The molecule has 0 atom stereocenters. The second kappa shape index (κ2) is 6.39. The van der Waals surface area contributed by atoms with Gasteiger partial charge in [0.05, 0.1) is 4.90 Å². The van der Waals surface area contributed by atoms with Gasteiger partial charge >= 0.3 is 0 Å². The maximum atomic E-state index is 13.4. The van der Waals surface area contributed by atoms with E-state index >= 15 is 0 Å². The lowest BCUT2D eigenvalue weighted by Gasteiger charge is -2.06. The first-order valence-corrected chi connectivity index (χ1v) is 6.78. The van der Waals surface area contributed by atoms with Crippen LogP contribution in [0.25, 0.3) is 0 Å². The summed E-state index contributed by atoms with van der Waals surface area (Å²) in [5.41, 5.74) is 0.329. The Morgan fingerprint density at radius 3 is 2.40 bits per heavy atom. The largest absolute Gasteiger partial charge is 0.316 e. The third-order valence-corrected chi connectivity index (χ3v) is 3.33. The zero-order valence-corrected chi connectivity index (χ0v) is 12.0. The number of anilines is 1. The van der Waals surface area contributed by atoms with Crippen molar-refractivity contribution in [1.82, 2.24) is 4.98 Å². The molecule has 20 heavy (non-hydrogen) atoms. The number of amides is 1. The number of carbonyl (C=O) groups excluding carboxylic acids is 1. The molecule has 3 nitrogen and oxygen atoms in total. The van der Waals surface area contributed by atoms with Crippen LogP contribution in [0.1, 0.15) is 0 Å². The molecule has 0 fully saturated rings. The van der Waals surface area contributed by atoms with E-state index in [-0.39, 0.29) is 15.2 Å². The monoisotopic (exact) mass is 334 g/mol. The second-order valence-electron chi connectivity index (χ2n) is 3.59. The zero-order chi connectivity index (χ0) is 14.7. The molecule has 0 aliphatic rings. The molecule has 1 aromatic heterocycles. The molecule has 0 unspecified atom stereocenters. The van der Waals surface area contributed by atoms with Gasteiger partial charge in [-0.15, -0.1) is 0 Å². The van der Waals surface area contributed by atoms with E-state index in [1.807, 2.05) is 0 Å². The molecule has 1 heterocycles. The van der Waals surface area contributed by atoms with Crippen molar-refractivity contribution in [2.24, 2.45) is 0 Å². The third kappa shape index (κ3) is 4.06. The van der Waals surface area contributed by atoms with Crippen molar-refractivity contribution in [2.75, 3.05) is 5.32 Å². The molecule has 0 saturated heterocycles. The van der Waals surface area contributed by atoms with Gasteiger partial charge in [-0.25, -0.2) is 13.8 Å². The third-order valence-electron chi connectivity index (χ3n) is 2.11. The maximum absolute atomic E-state index is 13.4. The van der Waals surface area contributed by atoms with Gasteiger partial charge < -0.3 is 5.32 Å². The summed E-state index contributed by atoms with van der Waals surface area (Å²) in [4.78, 5) is 15.5. The van der Waals surface area contributed by atoms with Crippen molar-refractivity contribution in [3.63, 3.8) is 0 Å². The van der Waals surface area contributed by atoms with Gasteiger partial charge in [-0.05, 0) is 36.0 Å². The standard InChI is InChI=1S/C12H6Cl2F2N2OS/c13-10-4-7(5-11(14)18-10)17-12(19)20-9-2-1-6(15)3-8(9)16/h1-5H,(H,17,18,19). The van der Waals surface area contributed by atoms with E-state index in [9.17, 15) is 13.6 Å². The Labute approximate surface area is 127 Å². The highest BCUT2D eigenvalue weighted by Gasteiger charge is 2.11. The Balaban J connectivity index is 2.09. The molecule has 1 N–H and O–H groups in total. The summed E-state index contributed by atoms with van der Waals surface area (Å²) in [6.45, 7) is 0. The van der Waals surface area contributed by atoms with Crippen LogP contribution >= 0.6 is 35.0 Å². The van der Waals surface area contributed by atoms with E-state index in [4.69, 9.17) is 23.2 Å². The summed E-state index contributed by atoms with van der Waals surface area (Å²) in [6, 6.07) is 5.75. The Bertz CT molecular complexity index is 650. The summed E-state index contributed by atoms with van der Waals surface area (Å²) in [5, 5.41) is 2.14. The Morgan fingerprint density at radius 2 is 1.80 bits per heavy atom. The minimum atomic E-state index is -0.809. The Kier molecular flexibility index (Phi) is 4.80. The molecule has 2 rings (SSSR count). The highest BCUT2D eigenvalue weighted by Crippen LogP contribution is 2.26. The number of hydrogen-bond acceptors (Lipinski definition) is 3. The first-order chi connectivity index (χ1) is 9.44. The molecule has 0 bridgehead atoms. The predicted molar refractivity (Wildman–Crippen MR) is 75.5 cm³/mol. The van der Waals surface area contributed by atoms with E-state index in [0.29, 0.717) is 23.5 Å². The van der Waals surface area contributed by atoms with Gasteiger partial charge in [-0.3, -0.25) is 4.79 Å². The molecule has 1 aromatic carbocycles. The fourth-order valence-electron chi connectivity index (χ4n) is 1.34. The summed E-state index contributed by atoms with van der Waals surface area (Å²) < 4.78 is 26.1. The average molecular weight is 335 g/mol. The second-order valence-corrected chi connectivity index (χ2v) is 5.38. The fourth-order valence-corrected chi connectivity index (χ4v) is 2.46. The summed E-state index contributed by atoms with van der Waals surface area (Å²) >= 11 is 11.9. The summed E-state index contributed by atoms with van der Waals surface area (Å²) in [5.74, 6) is -1.52. The van der Waals surface area contributed by atoms with Gasteiger partial charge in [0.25, 0.3) is 5.24 Å². The molecular weight excluding hydrogens is 329 g/mol. The minimum absolute atomic E-state index is 0.00940. The van der Waals surface area contributed by atoms with Gasteiger partial charge in [0.2, 0.25) is 0 Å². The molecular formula is C12H6Cl2F2N2OS. The van der Waals surface area contributed by atoms with Crippen LogP contribution in [-0.2, 0) is 0 Å². The van der Waals surface area contributed by atoms with Crippen molar-refractivity contribution in [3.8, 4) is 0 Å². The van der Waals surface area contributed by atoms with E-state index < -0.39 is 16.9 Å². The number of halogens is 4. The van der Waals surface area contributed by atoms with E-state index in [0.717, 1.165) is 6.07 Å². The smallest absolute Gasteiger partial charge is 0.288 e. The normalized spacial score (nSPS) is 10.4. The minimum Gasteiger partial charge on any atom is -0.316 e. The van der Waals surface area contributed by atoms with Crippen LogP contribution in [0.2, 0.25) is 10.3 Å². The Hall–Kier alpha value is -1.37. The van der Waals surface area contributed by atoms with Crippen LogP contribution in [0.3, 0.4) is 0 Å². The van der Waals surface area contributed by atoms with Gasteiger partial charge in [0, 0.05) is 11.8 Å². The number of aromatic nitrogens is 1. The number of benzene rings is 1. The predicted octanol–water partition coefficient (Wildman–Crippen LogP) is 4.99. The lowest BCUT2D eigenvalue weighted by molar-refractivity contribution is 0.269. The zero-order valence-electron chi connectivity index (χ0n) is 9.66. The number of nitrogens with zero attached hydrogens (tertiary/aromatic N) is 1. The van der Waals surface area contributed by atoms with E-state index in [1.165, 1.54) is 18.2 Å². The molecule has 1 amide bonds. The fraction of sp³-hybridized carbons (Fsp3) is 0. The highest BCUT2D eigenvalue weighted by atomic mass is 35.5. The van der Waals surface area contributed by atoms with Gasteiger partial charge in [-0.1, -0.05) is 23.2 Å². The van der Waals surface area contributed by atoms with E-state index in [2.05, 4.69) is 10.3 Å². The van der Waals surface area contributed by atoms with Gasteiger partial charge in [-0.2, -0.15) is 0 Å². The molecule has 0 spiro atoms. The quantitative estimate of drug-likeness (QED) is 0.621. The molecule has 0 aliphatic carbocycles.